The summed E-state index contributed by atoms with van der Waals surface area (Å²) in [7, 11) is 5.53. The van der Waals surface area contributed by atoms with Gasteiger partial charge in [0.25, 0.3) is 0 Å². The molecule has 0 spiro atoms. The van der Waals surface area contributed by atoms with Crippen molar-refractivity contribution in [3.63, 3.8) is 0 Å². The monoisotopic (exact) mass is 219 g/mol. The van der Waals surface area contributed by atoms with Crippen LogP contribution in [0.3, 0.4) is 0 Å². The molecule has 0 saturated heterocycles. The van der Waals surface area contributed by atoms with Crippen molar-refractivity contribution in [1.29, 1.82) is 0 Å². The van der Waals surface area contributed by atoms with E-state index in [1.165, 1.54) is 0 Å². The van der Waals surface area contributed by atoms with Crippen LogP contribution in [0, 0.1) is 0 Å². The molecule has 0 aromatic carbocycles. The molecule has 16 heavy (non-hydrogen) atoms. The number of aryl methyl sites for hydroxylation is 1. The zero-order valence-electron chi connectivity index (χ0n) is 9.42. The van der Waals surface area contributed by atoms with Crippen molar-refractivity contribution in [2.75, 3.05) is 24.7 Å². The molecule has 0 aliphatic heterocycles. The lowest BCUT2D eigenvalue weighted by atomic mass is 10.3. The third-order valence-electron chi connectivity index (χ3n) is 2.00. The first kappa shape index (κ1) is 10.3. The Morgan fingerprint density at radius 3 is 2.56 bits per heavy atom. The molecule has 0 fully saturated rings. The van der Waals surface area contributed by atoms with Gasteiger partial charge in [-0.15, -0.1) is 0 Å². The molecule has 2 aromatic rings. The molecule has 0 saturated carbocycles. The summed E-state index contributed by atoms with van der Waals surface area (Å²) >= 11 is 0. The number of nitrogens with zero attached hydrogens (tertiary/aromatic N) is 6. The van der Waals surface area contributed by atoms with Crippen LogP contribution in [-0.2, 0) is 7.05 Å². The predicted octanol–water partition coefficient (Wildman–Crippen LogP) is -0.0797. The molecule has 0 amide bonds. The second kappa shape index (κ2) is 3.76. The van der Waals surface area contributed by atoms with Gasteiger partial charge in [-0.1, -0.05) is 0 Å². The molecule has 0 radical (unpaired) electrons. The fraction of sp³-hybridized carbons (Fsp3) is 0.333. The van der Waals surface area contributed by atoms with E-state index in [0.29, 0.717) is 11.8 Å². The standard InChI is InChI=1S/C9H13N7/c1-15(2)9-13-7(12-8(10)14-9)6-4-11-16(3)5-6/h4-5H,1-3H3,(H2,10,12,13,14). The molecule has 2 aromatic heterocycles. The quantitative estimate of drug-likeness (QED) is 0.760. The van der Waals surface area contributed by atoms with Gasteiger partial charge >= 0.3 is 0 Å². The summed E-state index contributed by atoms with van der Waals surface area (Å²) in [5, 5.41) is 4.06. The summed E-state index contributed by atoms with van der Waals surface area (Å²) in [6, 6.07) is 0. The van der Waals surface area contributed by atoms with Crippen LogP contribution in [0.2, 0.25) is 0 Å². The normalized spacial score (nSPS) is 10.4. The van der Waals surface area contributed by atoms with Crippen LogP contribution >= 0.6 is 0 Å². The van der Waals surface area contributed by atoms with E-state index in [2.05, 4.69) is 20.1 Å². The molecule has 0 aliphatic carbocycles. The minimum atomic E-state index is 0.206. The number of anilines is 2. The second-order valence-electron chi connectivity index (χ2n) is 3.61. The highest BCUT2D eigenvalue weighted by Crippen LogP contribution is 2.16. The van der Waals surface area contributed by atoms with Crippen molar-refractivity contribution in [2.45, 2.75) is 0 Å². The highest BCUT2D eigenvalue weighted by molar-refractivity contribution is 5.55. The number of rotatable bonds is 2. The average Bonchev–Trinajstić information content (AvgIpc) is 2.64. The number of hydrogen-bond acceptors (Lipinski definition) is 6. The van der Waals surface area contributed by atoms with E-state index in [4.69, 9.17) is 5.73 Å². The Morgan fingerprint density at radius 1 is 1.25 bits per heavy atom. The van der Waals surface area contributed by atoms with E-state index in [0.717, 1.165) is 5.56 Å². The molecule has 7 heteroatoms. The van der Waals surface area contributed by atoms with E-state index in [-0.39, 0.29) is 5.95 Å². The lowest BCUT2D eigenvalue weighted by Gasteiger charge is -2.10. The molecule has 2 rings (SSSR count). The molecule has 84 valence electrons. The number of hydrogen-bond donors (Lipinski definition) is 1. The summed E-state index contributed by atoms with van der Waals surface area (Å²) in [6.45, 7) is 0. The summed E-state index contributed by atoms with van der Waals surface area (Å²) < 4.78 is 1.69. The van der Waals surface area contributed by atoms with Crippen molar-refractivity contribution in [1.82, 2.24) is 24.7 Å². The third kappa shape index (κ3) is 1.92. The summed E-state index contributed by atoms with van der Waals surface area (Å²) in [4.78, 5) is 14.2. The van der Waals surface area contributed by atoms with Crippen LogP contribution in [0.4, 0.5) is 11.9 Å². The Balaban J connectivity index is 2.49. The highest BCUT2D eigenvalue weighted by atomic mass is 15.3. The Morgan fingerprint density at radius 2 is 2.00 bits per heavy atom. The molecule has 2 N–H and O–H groups in total. The average molecular weight is 219 g/mol. The van der Waals surface area contributed by atoms with E-state index in [1.54, 1.807) is 15.8 Å². The predicted molar refractivity (Wildman–Crippen MR) is 60.8 cm³/mol. The largest absolute Gasteiger partial charge is 0.368 e. The lowest BCUT2D eigenvalue weighted by Crippen LogP contribution is -2.15. The zero-order valence-corrected chi connectivity index (χ0v) is 9.42. The fourth-order valence-corrected chi connectivity index (χ4v) is 1.25. The first-order valence-electron chi connectivity index (χ1n) is 4.74. The van der Waals surface area contributed by atoms with E-state index in [9.17, 15) is 0 Å². The SMILES string of the molecule is CN(C)c1nc(N)nc(-c2cnn(C)c2)n1. The molecule has 2 heterocycles. The Bertz CT molecular complexity index is 502. The van der Waals surface area contributed by atoms with Gasteiger partial charge in [0.1, 0.15) is 0 Å². The Kier molecular flexibility index (Phi) is 2.43. The second-order valence-corrected chi connectivity index (χ2v) is 3.61. The number of nitrogen functional groups attached to an aromatic ring is 1. The Hall–Kier alpha value is -2.18. The summed E-state index contributed by atoms with van der Waals surface area (Å²) in [5.41, 5.74) is 6.44. The van der Waals surface area contributed by atoms with Crippen LogP contribution < -0.4 is 10.6 Å². The van der Waals surface area contributed by atoms with Gasteiger partial charge in [-0.2, -0.15) is 20.1 Å². The van der Waals surface area contributed by atoms with Gasteiger partial charge in [0.05, 0.1) is 11.8 Å². The molecule has 0 unspecified atom stereocenters. The first-order valence-corrected chi connectivity index (χ1v) is 4.74. The van der Waals surface area contributed by atoms with Gasteiger partial charge in [-0.3, -0.25) is 4.68 Å². The lowest BCUT2D eigenvalue weighted by molar-refractivity contribution is 0.768. The summed E-state index contributed by atoms with van der Waals surface area (Å²) in [5.74, 6) is 1.27. The van der Waals surface area contributed by atoms with Crippen LogP contribution in [0.15, 0.2) is 12.4 Å². The number of aromatic nitrogens is 5. The van der Waals surface area contributed by atoms with Crippen LogP contribution in [0.5, 0.6) is 0 Å². The molecule has 0 aliphatic rings. The van der Waals surface area contributed by atoms with Gasteiger partial charge in [0.15, 0.2) is 5.82 Å². The maximum Gasteiger partial charge on any atom is 0.230 e. The smallest absolute Gasteiger partial charge is 0.230 e. The van der Waals surface area contributed by atoms with Crippen LogP contribution in [0.25, 0.3) is 11.4 Å². The van der Waals surface area contributed by atoms with Crippen molar-refractivity contribution >= 4 is 11.9 Å². The molecular weight excluding hydrogens is 206 g/mol. The van der Waals surface area contributed by atoms with Crippen molar-refractivity contribution in [3.8, 4) is 11.4 Å². The molecule has 0 atom stereocenters. The molecule has 7 nitrogen and oxygen atoms in total. The maximum absolute atomic E-state index is 5.63. The fourth-order valence-electron chi connectivity index (χ4n) is 1.25. The van der Waals surface area contributed by atoms with E-state index in [1.807, 2.05) is 27.3 Å². The summed E-state index contributed by atoms with van der Waals surface area (Å²) in [6.07, 6.45) is 3.52. The third-order valence-corrected chi connectivity index (χ3v) is 2.00. The van der Waals surface area contributed by atoms with Gasteiger partial charge in [-0.25, -0.2) is 0 Å². The number of nitrogens with two attached hydrogens (primary N) is 1. The highest BCUT2D eigenvalue weighted by Gasteiger charge is 2.09. The molecular formula is C9H13N7. The maximum atomic E-state index is 5.63. The van der Waals surface area contributed by atoms with Gasteiger partial charge in [-0.05, 0) is 0 Å². The van der Waals surface area contributed by atoms with Crippen molar-refractivity contribution in [3.05, 3.63) is 12.4 Å². The van der Waals surface area contributed by atoms with Crippen molar-refractivity contribution in [2.24, 2.45) is 7.05 Å². The van der Waals surface area contributed by atoms with Crippen molar-refractivity contribution < 1.29 is 0 Å². The van der Waals surface area contributed by atoms with Gasteiger partial charge in [0, 0.05) is 27.3 Å². The minimum absolute atomic E-state index is 0.206. The molecule has 0 bridgehead atoms. The minimum Gasteiger partial charge on any atom is -0.368 e. The van der Waals surface area contributed by atoms with E-state index >= 15 is 0 Å². The topological polar surface area (TPSA) is 85.8 Å². The van der Waals surface area contributed by atoms with E-state index < -0.39 is 0 Å². The zero-order chi connectivity index (χ0) is 11.7. The van der Waals surface area contributed by atoms with Gasteiger partial charge < -0.3 is 10.6 Å². The van der Waals surface area contributed by atoms with Gasteiger partial charge in [0.2, 0.25) is 11.9 Å². The first-order chi connectivity index (χ1) is 7.56. The van der Waals surface area contributed by atoms with Crippen LogP contribution in [-0.4, -0.2) is 38.8 Å². The van der Waals surface area contributed by atoms with Crippen LogP contribution in [0.1, 0.15) is 0 Å². The Labute approximate surface area is 92.9 Å².